The maximum Gasteiger partial charge on any atom is 0.358 e. The molecule has 3 heterocycles. The average Bonchev–Trinajstić information content (AvgIpc) is 3.47. The van der Waals surface area contributed by atoms with Crippen molar-refractivity contribution in [3.8, 4) is 22.0 Å². The second-order valence-electron chi connectivity index (χ2n) is 5.69. The molecule has 0 radical (unpaired) electrons. The largest absolute Gasteiger partial charge is 0.451 e. The minimum Gasteiger partial charge on any atom is -0.451 e. The number of benzene rings is 1. The lowest BCUT2D eigenvalue weighted by Crippen LogP contribution is -2.05. The zero-order valence-electron chi connectivity index (χ0n) is 14.4. The van der Waals surface area contributed by atoms with Crippen molar-refractivity contribution in [3.63, 3.8) is 0 Å². The van der Waals surface area contributed by atoms with Crippen LogP contribution in [0.25, 0.3) is 22.0 Å². The normalized spacial score (nSPS) is 10.9. The maximum atomic E-state index is 12.2. The second kappa shape index (κ2) is 7.81. The summed E-state index contributed by atoms with van der Waals surface area (Å²) in [4.78, 5) is 20.8. The van der Waals surface area contributed by atoms with Crippen LogP contribution in [0.5, 0.6) is 0 Å². The molecule has 0 aliphatic carbocycles. The first-order chi connectivity index (χ1) is 13.2. The zero-order chi connectivity index (χ0) is 18.6. The van der Waals surface area contributed by atoms with Crippen LogP contribution in [-0.4, -0.2) is 21.1 Å². The predicted molar refractivity (Wildman–Crippen MR) is 104 cm³/mol. The summed E-state index contributed by atoms with van der Waals surface area (Å²) < 4.78 is 10.4. The fourth-order valence-electron chi connectivity index (χ4n) is 2.41. The zero-order valence-corrected chi connectivity index (χ0v) is 16.0. The number of hydrogen-bond acceptors (Lipinski definition) is 8. The van der Waals surface area contributed by atoms with Crippen molar-refractivity contribution in [2.75, 3.05) is 0 Å². The molecule has 136 valence electrons. The molecule has 0 atom stereocenters. The molecule has 0 bridgehead atoms. The van der Waals surface area contributed by atoms with E-state index in [1.54, 1.807) is 16.7 Å². The van der Waals surface area contributed by atoms with E-state index in [0.717, 1.165) is 22.6 Å². The van der Waals surface area contributed by atoms with Gasteiger partial charge in [0.25, 0.3) is 5.89 Å². The number of nitrogens with zero attached hydrogens (tertiary/aromatic N) is 3. The van der Waals surface area contributed by atoms with Gasteiger partial charge in [0.1, 0.15) is 5.01 Å². The van der Waals surface area contributed by atoms with Crippen molar-refractivity contribution in [1.29, 1.82) is 0 Å². The molecular formula is C19H15N3O3S2. The van der Waals surface area contributed by atoms with E-state index in [0.29, 0.717) is 5.82 Å². The molecule has 0 saturated carbocycles. The number of carbonyl (C=O) groups is 1. The molecular weight excluding hydrogens is 382 g/mol. The Morgan fingerprint density at radius 1 is 1.11 bits per heavy atom. The van der Waals surface area contributed by atoms with Crippen LogP contribution in [0.1, 0.15) is 28.9 Å². The van der Waals surface area contributed by atoms with Crippen molar-refractivity contribution < 1.29 is 14.1 Å². The van der Waals surface area contributed by atoms with E-state index in [1.807, 2.05) is 29.0 Å². The predicted octanol–water partition coefficient (Wildman–Crippen LogP) is 4.84. The first-order valence-electron chi connectivity index (χ1n) is 8.30. The van der Waals surface area contributed by atoms with E-state index < -0.39 is 5.97 Å². The van der Waals surface area contributed by atoms with Gasteiger partial charge in [0.05, 0.1) is 0 Å². The van der Waals surface area contributed by atoms with Crippen molar-refractivity contribution in [3.05, 3.63) is 63.6 Å². The van der Waals surface area contributed by atoms with Crippen LogP contribution in [0.4, 0.5) is 0 Å². The number of carbonyl (C=O) groups excluding carboxylic acids is 1. The molecule has 0 unspecified atom stereocenters. The fourth-order valence-corrected chi connectivity index (χ4v) is 3.84. The highest BCUT2D eigenvalue weighted by Gasteiger charge is 2.16. The van der Waals surface area contributed by atoms with Gasteiger partial charge < -0.3 is 9.26 Å². The second-order valence-corrected chi connectivity index (χ2v) is 7.33. The molecule has 0 saturated heterocycles. The summed E-state index contributed by atoms with van der Waals surface area (Å²) in [5.41, 5.74) is 3.39. The fraction of sp³-hybridized carbons (Fsp3) is 0.158. The summed E-state index contributed by atoms with van der Waals surface area (Å²) in [6.45, 7) is 2.02. The topological polar surface area (TPSA) is 78.1 Å². The van der Waals surface area contributed by atoms with Gasteiger partial charge in [-0.2, -0.15) is 16.3 Å². The minimum absolute atomic E-state index is 0.0893. The van der Waals surface area contributed by atoms with Gasteiger partial charge in [-0.1, -0.05) is 36.3 Å². The molecule has 6 nitrogen and oxygen atoms in total. The van der Waals surface area contributed by atoms with E-state index in [2.05, 4.69) is 34.2 Å². The summed E-state index contributed by atoms with van der Waals surface area (Å²) in [7, 11) is 0. The van der Waals surface area contributed by atoms with Gasteiger partial charge in [-0.25, -0.2) is 9.78 Å². The van der Waals surface area contributed by atoms with Gasteiger partial charge >= 0.3 is 5.97 Å². The molecule has 0 spiro atoms. The summed E-state index contributed by atoms with van der Waals surface area (Å²) >= 11 is 2.95. The number of thiophene rings is 1. The molecule has 1 aromatic carbocycles. The van der Waals surface area contributed by atoms with E-state index in [9.17, 15) is 4.79 Å². The third kappa shape index (κ3) is 3.96. The van der Waals surface area contributed by atoms with Crippen LogP contribution < -0.4 is 0 Å². The Labute approximate surface area is 163 Å². The molecule has 3 aromatic heterocycles. The smallest absolute Gasteiger partial charge is 0.358 e. The SMILES string of the molecule is CCc1ccc(-c2nc(C(=O)OCc3nc(-c4ccsc4)no3)cs2)cc1. The average molecular weight is 397 g/mol. The first kappa shape index (κ1) is 17.6. The van der Waals surface area contributed by atoms with Crippen molar-refractivity contribution >= 4 is 28.6 Å². The lowest BCUT2D eigenvalue weighted by Gasteiger charge is -1.99. The summed E-state index contributed by atoms with van der Waals surface area (Å²) in [6, 6.07) is 10.0. The summed E-state index contributed by atoms with van der Waals surface area (Å²) in [6.07, 6.45) is 0.986. The lowest BCUT2D eigenvalue weighted by molar-refractivity contribution is 0.0424. The van der Waals surface area contributed by atoms with E-state index in [4.69, 9.17) is 9.26 Å². The number of aromatic nitrogens is 3. The number of rotatable bonds is 6. The van der Waals surface area contributed by atoms with Gasteiger partial charge in [-0.3, -0.25) is 0 Å². The highest BCUT2D eigenvalue weighted by molar-refractivity contribution is 7.13. The maximum absolute atomic E-state index is 12.2. The number of aryl methyl sites for hydroxylation is 1. The van der Waals surface area contributed by atoms with Crippen molar-refractivity contribution in [1.82, 2.24) is 15.1 Å². The van der Waals surface area contributed by atoms with Crippen LogP contribution in [0.2, 0.25) is 0 Å². The standard InChI is InChI=1S/C19H15N3O3S2/c1-2-12-3-5-13(6-4-12)18-20-15(11-27-18)19(23)24-9-16-21-17(22-25-16)14-7-8-26-10-14/h3-8,10-11H,2,9H2,1H3. The number of hydrogen-bond donors (Lipinski definition) is 0. The van der Waals surface area contributed by atoms with Gasteiger partial charge in [0.15, 0.2) is 12.3 Å². The number of esters is 1. The molecule has 0 aliphatic heterocycles. The van der Waals surface area contributed by atoms with Crippen LogP contribution in [0.3, 0.4) is 0 Å². The Balaban J connectivity index is 1.39. The Bertz CT molecular complexity index is 1040. The quantitative estimate of drug-likeness (QED) is 0.433. The van der Waals surface area contributed by atoms with Crippen molar-refractivity contribution in [2.24, 2.45) is 0 Å². The molecule has 27 heavy (non-hydrogen) atoms. The highest BCUT2D eigenvalue weighted by atomic mass is 32.1. The van der Waals surface area contributed by atoms with E-state index >= 15 is 0 Å². The molecule has 0 amide bonds. The van der Waals surface area contributed by atoms with Gasteiger partial charge in [-0.15, -0.1) is 11.3 Å². The Kier molecular flexibility index (Phi) is 5.08. The molecule has 4 rings (SSSR count). The van der Waals surface area contributed by atoms with Crippen LogP contribution in [0, 0.1) is 0 Å². The van der Waals surface area contributed by atoms with E-state index in [1.165, 1.54) is 16.9 Å². The molecule has 0 aliphatic rings. The number of thiazole rings is 1. The summed E-state index contributed by atoms with van der Waals surface area (Å²) in [5, 5.41) is 10.2. The Morgan fingerprint density at radius 2 is 1.96 bits per heavy atom. The third-order valence-corrected chi connectivity index (χ3v) is 5.47. The molecule has 4 aromatic rings. The highest BCUT2D eigenvalue weighted by Crippen LogP contribution is 2.25. The molecule has 0 N–H and O–H groups in total. The Hall–Kier alpha value is -2.84. The third-order valence-electron chi connectivity index (χ3n) is 3.90. The first-order valence-corrected chi connectivity index (χ1v) is 10.1. The number of ether oxygens (including phenoxy) is 1. The van der Waals surface area contributed by atoms with Gasteiger partial charge in [-0.05, 0) is 23.4 Å². The lowest BCUT2D eigenvalue weighted by atomic mass is 10.1. The van der Waals surface area contributed by atoms with Gasteiger partial charge in [0, 0.05) is 21.9 Å². The van der Waals surface area contributed by atoms with Gasteiger partial charge in [0.2, 0.25) is 5.82 Å². The molecule has 0 fully saturated rings. The summed E-state index contributed by atoms with van der Waals surface area (Å²) in [5.74, 6) is 0.210. The van der Waals surface area contributed by atoms with E-state index in [-0.39, 0.29) is 18.2 Å². The van der Waals surface area contributed by atoms with Crippen molar-refractivity contribution in [2.45, 2.75) is 20.0 Å². The van der Waals surface area contributed by atoms with Crippen LogP contribution >= 0.6 is 22.7 Å². The Morgan fingerprint density at radius 3 is 2.70 bits per heavy atom. The van der Waals surface area contributed by atoms with Crippen LogP contribution in [0.15, 0.2) is 51.0 Å². The monoisotopic (exact) mass is 397 g/mol. The molecule has 8 heteroatoms. The van der Waals surface area contributed by atoms with Crippen LogP contribution in [-0.2, 0) is 17.8 Å². The minimum atomic E-state index is -0.516.